The van der Waals surface area contributed by atoms with Gasteiger partial charge < -0.3 is 19.5 Å². The highest BCUT2D eigenvalue weighted by Crippen LogP contribution is 2.44. The summed E-state index contributed by atoms with van der Waals surface area (Å²) < 4.78 is 7.76. The summed E-state index contributed by atoms with van der Waals surface area (Å²) in [5.41, 5.74) is 6.44. The third kappa shape index (κ3) is 3.93. The van der Waals surface area contributed by atoms with Crippen LogP contribution in [0.3, 0.4) is 0 Å². The first-order valence-corrected chi connectivity index (χ1v) is 11.9. The Kier molecular flexibility index (Phi) is 6.02. The Bertz CT molecular complexity index is 1340. The van der Waals surface area contributed by atoms with Crippen molar-refractivity contribution in [1.29, 1.82) is 0 Å². The number of halogens is 1. The first kappa shape index (κ1) is 22.4. The Hall–Kier alpha value is -3.35. The fourth-order valence-electron chi connectivity index (χ4n) is 4.78. The summed E-state index contributed by atoms with van der Waals surface area (Å²) in [5.74, 6) is 0.784. The molecule has 1 saturated heterocycles. The number of aromatic nitrogens is 2. The lowest BCUT2D eigenvalue weighted by molar-refractivity contribution is 0.415. The van der Waals surface area contributed by atoms with Crippen LogP contribution in [0.2, 0.25) is 5.02 Å². The SMILES string of the molecule is COc1cccc(N2C(=S)NC(c3ccccn3)C2c2cc(C)n(-c3ccc(Cl)cc3)c2C)c1. The molecule has 0 spiro atoms. The number of nitrogens with zero attached hydrogens (tertiary/aromatic N) is 3. The monoisotopic (exact) mass is 488 g/mol. The van der Waals surface area contributed by atoms with Gasteiger partial charge in [-0.05, 0) is 86.2 Å². The van der Waals surface area contributed by atoms with Crippen LogP contribution in [0.15, 0.2) is 79.0 Å². The number of pyridine rings is 1. The van der Waals surface area contributed by atoms with E-state index in [-0.39, 0.29) is 12.1 Å². The van der Waals surface area contributed by atoms with Crippen LogP contribution in [0.4, 0.5) is 5.69 Å². The average molecular weight is 489 g/mol. The molecule has 2 unspecified atom stereocenters. The molecule has 0 aliphatic carbocycles. The average Bonchev–Trinajstić information content (AvgIpc) is 3.35. The second kappa shape index (κ2) is 9.12. The molecule has 0 saturated carbocycles. The summed E-state index contributed by atoms with van der Waals surface area (Å²) in [6, 6.07) is 23.9. The number of thiocarbonyl (C=S) groups is 1. The Morgan fingerprint density at radius 3 is 2.47 bits per heavy atom. The van der Waals surface area contributed by atoms with Crippen molar-refractivity contribution >= 4 is 34.6 Å². The summed E-state index contributed by atoms with van der Waals surface area (Å²) in [6.45, 7) is 4.27. The van der Waals surface area contributed by atoms with E-state index in [1.54, 1.807) is 7.11 Å². The number of benzene rings is 2. The van der Waals surface area contributed by atoms with Gasteiger partial charge in [0.2, 0.25) is 0 Å². The van der Waals surface area contributed by atoms with Crippen molar-refractivity contribution in [3.63, 3.8) is 0 Å². The number of anilines is 1. The van der Waals surface area contributed by atoms with E-state index in [0.29, 0.717) is 5.11 Å². The summed E-state index contributed by atoms with van der Waals surface area (Å²) in [7, 11) is 1.67. The van der Waals surface area contributed by atoms with E-state index < -0.39 is 0 Å². The molecule has 5 nitrogen and oxygen atoms in total. The van der Waals surface area contributed by atoms with E-state index in [0.717, 1.165) is 39.2 Å². The zero-order chi connectivity index (χ0) is 23.8. The van der Waals surface area contributed by atoms with Crippen LogP contribution >= 0.6 is 23.8 Å². The number of hydrogen-bond donors (Lipinski definition) is 1. The van der Waals surface area contributed by atoms with Gasteiger partial charge in [-0.3, -0.25) is 4.98 Å². The molecule has 3 heterocycles. The Morgan fingerprint density at radius 2 is 1.76 bits per heavy atom. The van der Waals surface area contributed by atoms with Crippen LogP contribution < -0.4 is 15.0 Å². The number of nitrogens with one attached hydrogen (secondary N) is 1. The summed E-state index contributed by atoms with van der Waals surface area (Å²) in [5, 5.41) is 4.91. The lowest BCUT2D eigenvalue weighted by Gasteiger charge is -2.28. The van der Waals surface area contributed by atoms with Gasteiger partial charge >= 0.3 is 0 Å². The van der Waals surface area contributed by atoms with Crippen molar-refractivity contribution in [3.8, 4) is 11.4 Å². The highest BCUT2D eigenvalue weighted by molar-refractivity contribution is 7.80. The minimum atomic E-state index is -0.112. The Labute approximate surface area is 210 Å². The van der Waals surface area contributed by atoms with Gasteiger partial charge in [-0.1, -0.05) is 23.7 Å². The lowest BCUT2D eigenvalue weighted by atomic mass is 9.96. The fraction of sp³-hybridized carbons (Fsp3) is 0.185. The Balaban J connectivity index is 1.68. The number of methoxy groups -OCH3 is 1. The van der Waals surface area contributed by atoms with Crippen molar-refractivity contribution in [1.82, 2.24) is 14.9 Å². The summed E-state index contributed by atoms with van der Waals surface area (Å²) >= 11 is 12.0. The van der Waals surface area contributed by atoms with Crippen LogP contribution in [-0.2, 0) is 0 Å². The molecule has 4 aromatic rings. The van der Waals surface area contributed by atoms with Crippen LogP contribution in [0.25, 0.3) is 5.69 Å². The molecule has 0 bridgehead atoms. The van der Waals surface area contributed by atoms with E-state index >= 15 is 0 Å². The second-order valence-corrected chi connectivity index (χ2v) is 9.16. The maximum absolute atomic E-state index is 6.15. The molecule has 1 N–H and O–H groups in total. The zero-order valence-electron chi connectivity index (χ0n) is 19.2. The second-order valence-electron chi connectivity index (χ2n) is 8.34. The van der Waals surface area contributed by atoms with Gasteiger partial charge in [0, 0.05) is 40.0 Å². The zero-order valence-corrected chi connectivity index (χ0v) is 20.8. The van der Waals surface area contributed by atoms with Crippen LogP contribution in [-0.4, -0.2) is 21.8 Å². The minimum Gasteiger partial charge on any atom is -0.497 e. The highest BCUT2D eigenvalue weighted by atomic mass is 35.5. The van der Waals surface area contributed by atoms with Gasteiger partial charge in [0.05, 0.1) is 24.9 Å². The summed E-state index contributed by atoms with van der Waals surface area (Å²) in [4.78, 5) is 6.84. The van der Waals surface area contributed by atoms with E-state index in [1.807, 2.05) is 66.9 Å². The van der Waals surface area contributed by atoms with Crippen molar-refractivity contribution in [2.45, 2.75) is 25.9 Å². The Morgan fingerprint density at radius 1 is 0.971 bits per heavy atom. The third-order valence-electron chi connectivity index (χ3n) is 6.30. The van der Waals surface area contributed by atoms with E-state index in [9.17, 15) is 0 Å². The van der Waals surface area contributed by atoms with E-state index in [1.165, 1.54) is 5.56 Å². The molecule has 172 valence electrons. The maximum Gasteiger partial charge on any atom is 0.174 e. The number of ether oxygens (including phenoxy) is 1. The molecule has 1 aliphatic rings. The predicted molar refractivity (Wildman–Crippen MR) is 141 cm³/mol. The van der Waals surface area contributed by atoms with E-state index in [2.05, 4.69) is 45.7 Å². The van der Waals surface area contributed by atoms with E-state index in [4.69, 9.17) is 28.6 Å². The quantitative estimate of drug-likeness (QED) is 0.332. The molecular formula is C27H25ClN4OS. The molecule has 2 aromatic carbocycles. The number of aryl methyl sites for hydroxylation is 1. The van der Waals surface area contributed by atoms with Crippen LogP contribution in [0.1, 0.15) is 34.7 Å². The third-order valence-corrected chi connectivity index (χ3v) is 6.87. The molecule has 34 heavy (non-hydrogen) atoms. The maximum atomic E-state index is 6.15. The molecule has 0 amide bonds. The van der Waals surface area contributed by atoms with Crippen molar-refractivity contribution < 1.29 is 4.74 Å². The molecule has 1 fully saturated rings. The predicted octanol–water partition coefficient (Wildman–Crippen LogP) is 6.33. The first-order valence-electron chi connectivity index (χ1n) is 11.1. The van der Waals surface area contributed by atoms with Crippen molar-refractivity contribution in [2.75, 3.05) is 12.0 Å². The van der Waals surface area contributed by atoms with Gasteiger partial charge in [0.25, 0.3) is 0 Å². The summed E-state index contributed by atoms with van der Waals surface area (Å²) in [6.07, 6.45) is 1.82. The first-order chi connectivity index (χ1) is 16.5. The van der Waals surface area contributed by atoms with Crippen molar-refractivity contribution in [2.24, 2.45) is 0 Å². The van der Waals surface area contributed by atoms with Crippen LogP contribution in [0, 0.1) is 13.8 Å². The van der Waals surface area contributed by atoms with Crippen LogP contribution in [0.5, 0.6) is 5.75 Å². The topological polar surface area (TPSA) is 42.3 Å². The smallest absolute Gasteiger partial charge is 0.174 e. The largest absolute Gasteiger partial charge is 0.497 e. The molecule has 5 rings (SSSR count). The highest BCUT2D eigenvalue weighted by Gasteiger charge is 2.42. The van der Waals surface area contributed by atoms with Gasteiger partial charge in [-0.2, -0.15) is 0 Å². The van der Waals surface area contributed by atoms with Gasteiger partial charge in [-0.25, -0.2) is 0 Å². The van der Waals surface area contributed by atoms with Gasteiger partial charge in [-0.15, -0.1) is 0 Å². The molecular weight excluding hydrogens is 464 g/mol. The lowest BCUT2D eigenvalue weighted by Crippen LogP contribution is -2.29. The standard InChI is InChI=1S/C27H25ClN4OS/c1-17-15-23(18(2)31(17)20-12-10-19(28)11-13-20)26-25(24-9-4-5-14-29-24)30-27(34)32(26)21-7-6-8-22(16-21)33-3/h4-16,25-26H,1-3H3,(H,30,34). The molecule has 2 atom stereocenters. The molecule has 2 aromatic heterocycles. The van der Waals surface area contributed by atoms with Gasteiger partial charge in [0.1, 0.15) is 5.75 Å². The number of rotatable bonds is 5. The normalized spacial score (nSPS) is 17.6. The van der Waals surface area contributed by atoms with Crippen molar-refractivity contribution in [3.05, 3.63) is 107 Å². The molecule has 1 aliphatic heterocycles. The minimum absolute atomic E-state index is 0.0956. The van der Waals surface area contributed by atoms with Gasteiger partial charge in [0.15, 0.2) is 5.11 Å². The molecule has 0 radical (unpaired) electrons. The fourth-order valence-corrected chi connectivity index (χ4v) is 5.26. The molecule has 7 heteroatoms. The number of hydrogen-bond acceptors (Lipinski definition) is 3.